The summed E-state index contributed by atoms with van der Waals surface area (Å²) in [5.41, 5.74) is -0.1000. The quantitative estimate of drug-likeness (QED) is 0.597. The average Bonchev–Trinajstić information content (AvgIpc) is 2.90. The molecule has 0 heterocycles. The summed E-state index contributed by atoms with van der Waals surface area (Å²) in [5.74, 6) is -0.240. The molecule has 90 valence electrons. The van der Waals surface area contributed by atoms with Gasteiger partial charge in [-0.05, 0) is 59.2 Å². The minimum absolute atomic E-state index is 0.0563. The molecule has 1 aromatic carbocycles. The van der Waals surface area contributed by atoms with E-state index in [-0.39, 0.29) is 21.7 Å². The van der Waals surface area contributed by atoms with Crippen LogP contribution in [0.1, 0.15) is 29.6 Å². The van der Waals surface area contributed by atoms with Crippen LogP contribution < -0.4 is 0 Å². The molecule has 0 amide bonds. The van der Waals surface area contributed by atoms with Gasteiger partial charge in [0, 0.05) is 5.92 Å². The first-order valence-corrected chi connectivity index (χ1v) is 6.54. The van der Waals surface area contributed by atoms with Crippen molar-refractivity contribution < 1.29 is 13.6 Å². The highest BCUT2D eigenvalue weighted by Crippen LogP contribution is 2.55. The van der Waals surface area contributed by atoms with Crippen LogP contribution in [0.3, 0.4) is 0 Å². The van der Waals surface area contributed by atoms with Gasteiger partial charge in [-0.15, -0.1) is 0 Å². The van der Waals surface area contributed by atoms with Crippen LogP contribution >= 0.6 is 15.9 Å². The average molecular weight is 301 g/mol. The highest BCUT2D eigenvalue weighted by molar-refractivity contribution is 9.10. The summed E-state index contributed by atoms with van der Waals surface area (Å²) in [6, 6.07) is 2.03. The number of Topliss-reactive ketones (excluding diaryl/α,β-unsaturated/α-hetero) is 1. The molecule has 0 N–H and O–H groups in total. The van der Waals surface area contributed by atoms with Gasteiger partial charge in [-0.1, -0.05) is 0 Å². The lowest BCUT2D eigenvalue weighted by Crippen LogP contribution is -2.15. The van der Waals surface area contributed by atoms with Crippen LogP contribution in [0, 0.1) is 29.4 Å². The number of benzene rings is 1. The Hall–Kier alpha value is -0.770. The fourth-order valence-corrected chi connectivity index (χ4v) is 3.18. The zero-order valence-electron chi connectivity index (χ0n) is 9.05. The Morgan fingerprint density at radius 1 is 1.12 bits per heavy atom. The molecule has 2 fully saturated rings. The predicted molar refractivity (Wildman–Crippen MR) is 62.7 cm³/mol. The van der Waals surface area contributed by atoms with E-state index in [2.05, 4.69) is 15.9 Å². The molecule has 0 saturated heterocycles. The van der Waals surface area contributed by atoms with Crippen LogP contribution in [0.25, 0.3) is 0 Å². The Morgan fingerprint density at radius 3 is 2.41 bits per heavy atom. The van der Waals surface area contributed by atoms with E-state index in [1.807, 2.05) is 0 Å². The second kappa shape index (κ2) is 3.87. The van der Waals surface area contributed by atoms with E-state index in [0.717, 1.165) is 25.0 Å². The number of carbonyl (C=O) groups excluding carboxylic acids is 1. The van der Waals surface area contributed by atoms with Crippen LogP contribution in [0.2, 0.25) is 0 Å². The van der Waals surface area contributed by atoms with Crippen molar-refractivity contribution in [1.29, 1.82) is 0 Å². The zero-order valence-corrected chi connectivity index (χ0v) is 10.6. The van der Waals surface area contributed by atoms with Gasteiger partial charge in [0.05, 0.1) is 10.0 Å². The van der Waals surface area contributed by atoms with Crippen molar-refractivity contribution in [2.24, 2.45) is 17.8 Å². The summed E-state index contributed by atoms with van der Waals surface area (Å²) < 4.78 is 27.0. The molecule has 0 spiro atoms. The van der Waals surface area contributed by atoms with E-state index < -0.39 is 11.6 Å². The monoisotopic (exact) mass is 300 g/mol. The van der Waals surface area contributed by atoms with Crippen LogP contribution in [-0.4, -0.2) is 5.78 Å². The second-order valence-electron chi connectivity index (χ2n) is 5.03. The van der Waals surface area contributed by atoms with Gasteiger partial charge in [0.15, 0.2) is 5.78 Å². The second-order valence-corrected chi connectivity index (χ2v) is 5.89. The summed E-state index contributed by atoms with van der Waals surface area (Å²) in [4.78, 5) is 12.1. The van der Waals surface area contributed by atoms with E-state index in [4.69, 9.17) is 0 Å². The lowest BCUT2D eigenvalue weighted by atomic mass is 9.93. The molecular formula is C13H11BrF2O. The first-order valence-electron chi connectivity index (χ1n) is 5.75. The number of fused-ring (bicyclic) bond motifs is 1. The minimum atomic E-state index is -0.635. The van der Waals surface area contributed by atoms with Gasteiger partial charge < -0.3 is 0 Å². The lowest BCUT2D eigenvalue weighted by Gasteiger charge is -2.11. The standard InChI is InChI=1S/C13H11BrF2O/c14-10-5-11(15)9(4-12(10)16)13(17)8-2-6-1-7(6)3-8/h4-8H,1-3H2. The molecule has 0 bridgehead atoms. The Morgan fingerprint density at radius 2 is 1.76 bits per heavy atom. The molecule has 0 radical (unpaired) electrons. The van der Waals surface area contributed by atoms with Crippen LogP contribution in [0.15, 0.2) is 16.6 Å². The van der Waals surface area contributed by atoms with E-state index in [0.29, 0.717) is 11.8 Å². The van der Waals surface area contributed by atoms with Crippen LogP contribution in [0.5, 0.6) is 0 Å². The van der Waals surface area contributed by atoms with Crippen molar-refractivity contribution in [3.05, 3.63) is 33.8 Å². The summed E-state index contributed by atoms with van der Waals surface area (Å²) in [6.45, 7) is 0. The van der Waals surface area contributed by atoms with Gasteiger partial charge in [-0.3, -0.25) is 4.79 Å². The molecule has 2 atom stereocenters. The Bertz CT molecular complexity index is 490. The summed E-state index contributed by atoms with van der Waals surface area (Å²) in [5, 5.41) is 0. The normalized spacial score (nSPS) is 30.2. The molecule has 4 heteroatoms. The Labute approximate surface area is 106 Å². The maximum absolute atomic E-state index is 13.6. The predicted octanol–water partition coefficient (Wildman–Crippen LogP) is 3.96. The molecule has 2 unspecified atom stereocenters. The molecule has 2 saturated carbocycles. The van der Waals surface area contributed by atoms with E-state index in [9.17, 15) is 13.6 Å². The van der Waals surface area contributed by atoms with Gasteiger partial charge in [0.2, 0.25) is 0 Å². The molecule has 3 rings (SSSR count). The Kier molecular flexibility index (Phi) is 2.58. The highest BCUT2D eigenvalue weighted by Gasteiger charge is 2.48. The Balaban J connectivity index is 1.88. The van der Waals surface area contributed by atoms with Crippen molar-refractivity contribution in [3.8, 4) is 0 Å². The number of ketones is 1. The molecule has 2 aliphatic rings. The van der Waals surface area contributed by atoms with Crippen molar-refractivity contribution >= 4 is 21.7 Å². The fourth-order valence-electron chi connectivity index (χ4n) is 2.86. The van der Waals surface area contributed by atoms with Gasteiger partial charge in [0.25, 0.3) is 0 Å². The van der Waals surface area contributed by atoms with E-state index in [1.54, 1.807) is 0 Å². The molecular weight excluding hydrogens is 290 g/mol. The number of carbonyl (C=O) groups is 1. The van der Waals surface area contributed by atoms with Gasteiger partial charge >= 0.3 is 0 Å². The highest BCUT2D eigenvalue weighted by atomic mass is 79.9. The van der Waals surface area contributed by atoms with Crippen molar-refractivity contribution in [3.63, 3.8) is 0 Å². The number of hydrogen-bond acceptors (Lipinski definition) is 1. The summed E-state index contributed by atoms with van der Waals surface area (Å²) in [6.07, 6.45) is 2.90. The minimum Gasteiger partial charge on any atom is -0.294 e. The zero-order chi connectivity index (χ0) is 12.2. The van der Waals surface area contributed by atoms with E-state index >= 15 is 0 Å². The number of rotatable bonds is 2. The van der Waals surface area contributed by atoms with Crippen LogP contribution in [0.4, 0.5) is 8.78 Å². The SMILES string of the molecule is O=C(c1cc(F)c(Br)cc1F)C1CC2CC2C1. The van der Waals surface area contributed by atoms with Gasteiger partial charge in [0.1, 0.15) is 11.6 Å². The van der Waals surface area contributed by atoms with Crippen molar-refractivity contribution in [1.82, 2.24) is 0 Å². The smallest absolute Gasteiger partial charge is 0.169 e. The topological polar surface area (TPSA) is 17.1 Å². The van der Waals surface area contributed by atoms with Crippen molar-refractivity contribution in [2.45, 2.75) is 19.3 Å². The molecule has 1 aromatic rings. The maximum Gasteiger partial charge on any atom is 0.169 e. The van der Waals surface area contributed by atoms with E-state index in [1.165, 1.54) is 6.42 Å². The maximum atomic E-state index is 13.6. The fraction of sp³-hybridized carbons (Fsp3) is 0.462. The lowest BCUT2D eigenvalue weighted by molar-refractivity contribution is 0.0909. The molecule has 17 heavy (non-hydrogen) atoms. The third-order valence-electron chi connectivity index (χ3n) is 3.89. The van der Waals surface area contributed by atoms with Crippen LogP contribution in [-0.2, 0) is 0 Å². The third-order valence-corrected chi connectivity index (χ3v) is 4.50. The number of halogens is 3. The largest absolute Gasteiger partial charge is 0.294 e. The summed E-state index contributed by atoms with van der Waals surface area (Å²) >= 11 is 2.90. The first kappa shape index (κ1) is 11.3. The van der Waals surface area contributed by atoms with Gasteiger partial charge in [-0.25, -0.2) is 8.78 Å². The molecule has 1 nitrogen and oxygen atoms in total. The third kappa shape index (κ3) is 1.92. The van der Waals surface area contributed by atoms with Gasteiger partial charge in [-0.2, -0.15) is 0 Å². The molecule has 0 aromatic heterocycles. The first-order chi connectivity index (χ1) is 8.06. The number of hydrogen-bond donors (Lipinski definition) is 0. The molecule has 2 aliphatic carbocycles. The molecule has 0 aliphatic heterocycles. The summed E-state index contributed by atoms with van der Waals surface area (Å²) in [7, 11) is 0. The van der Waals surface area contributed by atoms with Crippen molar-refractivity contribution in [2.75, 3.05) is 0 Å².